The van der Waals surface area contributed by atoms with Crippen LogP contribution in [0.3, 0.4) is 0 Å². The molecule has 1 aromatic carbocycles. The number of ether oxygens (including phenoxy) is 1. The Morgan fingerprint density at radius 2 is 1.89 bits per heavy atom. The lowest BCUT2D eigenvalue weighted by Crippen LogP contribution is -2.23. The maximum absolute atomic E-state index is 11.6. The molecule has 0 fully saturated rings. The van der Waals surface area contributed by atoms with Crippen LogP contribution in [0.4, 0.5) is 0 Å². The van der Waals surface area contributed by atoms with Gasteiger partial charge in [-0.3, -0.25) is 14.3 Å². The Morgan fingerprint density at radius 3 is 2.54 bits per heavy atom. The fourth-order valence-electron chi connectivity index (χ4n) is 2.66. The first-order valence-corrected chi connectivity index (χ1v) is 10.0. The summed E-state index contributed by atoms with van der Waals surface area (Å²) in [6.45, 7) is 6.80. The van der Waals surface area contributed by atoms with Crippen molar-refractivity contribution in [2.45, 2.75) is 44.0 Å². The highest BCUT2D eigenvalue weighted by Crippen LogP contribution is 2.28. The van der Waals surface area contributed by atoms with Crippen molar-refractivity contribution in [3.8, 4) is 11.4 Å². The van der Waals surface area contributed by atoms with Gasteiger partial charge in [-0.1, -0.05) is 25.6 Å². The van der Waals surface area contributed by atoms with Gasteiger partial charge in [-0.15, -0.1) is 10.2 Å². The summed E-state index contributed by atoms with van der Waals surface area (Å²) in [6.07, 6.45) is 1.28. The molecule has 148 valence electrons. The summed E-state index contributed by atoms with van der Waals surface area (Å²) >= 11 is 1.64. The average Bonchev–Trinajstić information content (AvgIpc) is 3.03. The van der Waals surface area contributed by atoms with Crippen LogP contribution in [0.2, 0.25) is 0 Å². The summed E-state index contributed by atoms with van der Waals surface area (Å²) in [5, 5.41) is 9.80. The summed E-state index contributed by atoms with van der Waals surface area (Å²) in [7, 11) is 0. The molecule has 0 radical (unpaired) electrons. The lowest BCUT2D eigenvalue weighted by molar-refractivity contribution is 0.340. The van der Waals surface area contributed by atoms with E-state index in [0.29, 0.717) is 23.4 Å². The molecule has 0 saturated heterocycles. The predicted molar refractivity (Wildman–Crippen MR) is 109 cm³/mol. The molecule has 0 aliphatic rings. The zero-order valence-corrected chi connectivity index (χ0v) is 16.9. The van der Waals surface area contributed by atoms with Gasteiger partial charge in [0.05, 0.1) is 6.61 Å². The zero-order valence-electron chi connectivity index (χ0n) is 16.1. The van der Waals surface area contributed by atoms with Crippen LogP contribution in [0.25, 0.3) is 5.69 Å². The topological polar surface area (TPSA) is 106 Å². The van der Waals surface area contributed by atoms with Gasteiger partial charge < -0.3 is 9.72 Å². The molecule has 0 bridgehead atoms. The largest absolute Gasteiger partial charge is 0.494 e. The molecule has 1 atom stereocenters. The van der Waals surface area contributed by atoms with Crippen LogP contribution in [0.1, 0.15) is 38.7 Å². The normalized spacial score (nSPS) is 12.1. The van der Waals surface area contributed by atoms with Gasteiger partial charge in [-0.2, -0.15) is 0 Å². The first-order chi connectivity index (χ1) is 13.5. The highest BCUT2D eigenvalue weighted by atomic mass is 32.2. The molecular formula is C19H23N5O3S. The second-order valence-corrected chi connectivity index (χ2v) is 7.69. The first-order valence-electron chi connectivity index (χ1n) is 9.16. The summed E-state index contributed by atoms with van der Waals surface area (Å²) < 4.78 is 7.47. The highest BCUT2D eigenvalue weighted by molar-refractivity contribution is 7.99. The Labute approximate surface area is 166 Å². The standard InChI is InChI=1S/C19H23N5O3S/c1-4-12(3)28-19-23-22-16(10-13-11-17(25)21-18(26)20-13)24(19)14-6-8-15(9-7-14)27-5-2/h6-9,11-12H,4-5,10H2,1-3H3,(H2,20,21,25,26). The monoisotopic (exact) mass is 401 g/mol. The molecule has 9 heteroatoms. The maximum Gasteiger partial charge on any atom is 0.325 e. The predicted octanol–water partition coefficient (Wildman–Crippen LogP) is 2.52. The molecule has 1 unspecified atom stereocenters. The van der Waals surface area contributed by atoms with Crippen molar-refractivity contribution in [2.75, 3.05) is 6.61 Å². The van der Waals surface area contributed by atoms with Crippen molar-refractivity contribution in [3.63, 3.8) is 0 Å². The molecular weight excluding hydrogens is 378 g/mol. The zero-order chi connectivity index (χ0) is 20.1. The van der Waals surface area contributed by atoms with Crippen LogP contribution in [-0.2, 0) is 6.42 Å². The van der Waals surface area contributed by atoms with Crippen molar-refractivity contribution in [1.29, 1.82) is 0 Å². The van der Waals surface area contributed by atoms with Crippen LogP contribution >= 0.6 is 11.8 Å². The second kappa shape index (κ2) is 8.92. The van der Waals surface area contributed by atoms with E-state index in [-0.39, 0.29) is 6.42 Å². The van der Waals surface area contributed by atoms with Crippen molar-refractivity contribution in [1.82, 2.24) is 24.7 Å². The van der Waals surface area contributed by atoms with Gasteiger partial charge in [-0.05, 0) is 37.6 Å². The minimum Gasteiger partial charge on any atom is -0.494 e. The quantitative estimate of drug-likeness (QED) is 0.562. The van der Waals surface area contributed by atoms with E-state index >= 15 is 0 Å². The van der Waals surface area contributed by atoms with Crippen molar-refractivity contribution in [2.24, 2.45) is 0 Å². The molecule has 3 rings (SSSR count). The van der Waals surface area contributed by atoms with Gasteiger partial charge in [0, 0.05) is 29.1 Å². The van der Waals surface area contributed by atoms with Crippen LogP contribution in [0.5, 0.6) is 5.75 Å². The minimum absolute atomic E-state index is 0.278. The SMILES string of the molecule is CCOc1ccc(-n2c(Cc3cc(=O)[nH]c(=O)[nH]3)nnc2SC(C)CC)cc1. The Kier molecular flexibility index (Phi) is 6.35. The molecule has 3 aromatic rings. The number of aromatic nitrogens is 5. The second-order valence-electron chi connectivity index (χ2n) is 6.29. The van der Waals surface area contributed by atoms with Crippen molar-refractivity contribution < 1.29 is 4.74 Å². The van der Waals surface area contributed by atoms with Gasteiger partial charge >= 0.3 is 5.69 Å². The fourth-order valence-corrected chi connectivity index (χ4v) is 3.59. The Morgan fingerprint density at radius 1 is 1.14 bits per heavy atom. The lowest BCUT2D eigenvalue weighted by atomic mass is 10.2. The van der Waals surface area contributed by atoms with E-state index in [1.54, 1.807) is 11.8 Å². The number of rotatable bonds is 8. The molecule has 0 amide bonds. The molecule has 0 spiro atoms. The summed E-state index contributed by atoms with van der Waals surface area (Å²) in [5.41, 5.74) is 0.388. The van der Waals surface area contributed by atoms with Gasteiger partial charge in [0.25, 0.3) is 5.56 Å². The number of nitrogens with one attached hydrogen (secondary N) is 2. The van der Waals surface area contributed by atoms with Gasteiger partial charge in [0.1, 0.15) is 11.6 Å². The number of aromatic amines is 2. The van der Waals surface area contributed by atoms with Gasteiger partial charge in [0.2, 0.25) is 0 Å². The summed E-state index contributed by atoms with van der Waals surface area (Å²) in [5.74, 6) is 1.42. The minimum atomic E-state index is -0.538. The molecule has 2 heterocycles. The summed E-state index contributed by atoms with van der Waals surface area (Å²) in [4.78, 5) is 28.0. The number of nitrogens with zero attached hydrogens (tertiary/aromatic N) is 3. The van der Waals surface area contributed by atoms with E-state index in [0.717, 1.165) is 23.0 Å². The number of H-pyrrole nitrogens is 2. The molecule has 28 heavy (non-hydrogen) atoms. The molecule has 2 N–H and O–H groups in total. The van der Waals surface area contributed by atoms with Crippen molar-refractivity contribution >= 4 is 11.8 Å². The van der Waals surface area contributed by atoms with Crippen LogP contribution in [0.15, 0.2) is 45.1 Å². The molecule has 0 aliphatic heterocycles. The third-order valence-corrected chi connectivity index (χ3v) is 5.36. The maximum atomic E-state index is 11.6. The van der Waals surface area contributed by atoms with E-state index in [9.17, 15) is 9.59 Å². The van der Waals surface area contributed by atoms with E-state index in [1.165, 1.54) is 6.07 Å². The lowest BCUT2D eigenvalue weighted by Gasteiger charge is -2.13. The third-order valence-electron chi connectivity index (χ3n) is 4.15. The first kappa shape index (κ1) is 19.9. The molecule has 2 aromatic heterocycles. The summed E-state index contributed by atoms with van der Waals surface area (Å²) in [6, 6.07) is 9.04. The molecule has 0 saturated carbocycles. The fraction of sp³-hybridized carbons (Fsp3) is 0.368. The smallest absolute Gasteiger partial charge is 0.325 e. The van der Waals surface area contributed by atoms with E-state index in [4.69, 9.17) is 4.74 Å². The number of hydrogen-bond donors (Lipinski definition) is 2. The van der Waals surface area contributed by atoms with E-state index in [2.05, 4.69) is 34.0 Å². The van der Waals surface area contributed by atoms with Crippen LogP contribution in [-0.4, -0.2) is 36.6 Å². The van der Waals surface area contributed by atoms with E-state index < -0.39 is 11.2 Å². The molecule has 0 aliphatic carbocycles. The third kappa shape index (κ3) is 4.72. The van der Waals surface area contributed by atoms with Crippen LogP contribution in [0, 0.1) is 0 Å². The number of hydrogen-bond acceptors (Lipinski definition) is 6. The van der Waals surface area contributed by atoms with Crippen molar-refractivity contribution in [3.05, 3.63) is 62.7 Å². The van der Waals surface area contributed by atoms with E-state index in [1.807, 2.05) is 35.8 Å². The Hall–Kier alpha value is -2.81. The average molecular weight is 401 g/mol. The Balaban J connectivity index is 2.02. The number of benzene rings is 1. The van der Waals surface area contributed by atoms with Gasteiger partial charge in [0.15, 0.2) is 5.16 Å². The Bertz CT molecular complexity index is 1010. The molecule has 8 nitrogen and oxygen atoms in total. The van der Waals surface area contributed by atoms with Crippen LogP contribution < -0.4 is 16.0 Å². The number of thioether (sulfide) groups is 1. The van der Waals surface area contributed by atoms with Gasteiger partial charge in [-0.25, -0.2) is 4.79 Å². The highest BCUT2D eigenvalue weighted by Gasteiger charge is 2.17.